The number of allylic oxidation sites excluding steroid dienone is 1. The largest absolute Gasteiger partial charge is 0.310 e. The molecule has 0 spiro atoms. The SMILES string of the molecule is CC1CC=C(N(c2ccc(C=Cc3ccc4c(C5CCN5)c5ccccc5cc4c3)cc2)c2cccc3ccccc23)c2ccccc21. The van der Waals surface area contributed by atoms with Crippen LogP contribution in [0.5, 0.6) is 0 Å². The highest BCUT2D eigenvalue weighted by Gasteiger charge is 2.25. The van der Waals surface area contributed by atoms with Crippen LogP contribution >= 0.6 is 0 Å². The molecule has 0 bridgehead atoms. The molecule has 2 aliphatic rings. The number of anilines is 2. The van der Waals surface area contributed by atoms with Crippen molar-refractivity contribution >= 4 is 61.5 Å². The van der Waals surface area contributed by atoms with Crippen LogP contribution in [0.15, 0.2) is 146 Å². The maximum Gasteiger partial charge on any atom is 0.0540 e. The van der Waals surface area contributed by atoms with Crippen LogP contribution in [0.3, 0.4) is 0 Å². The van der Waals surface area contributed by atoms with Crippen molar-refractivity contribution in [1.82, 2.24) is 5.32 Å². The highest BCUT2D eigenvalue weighted by atomic mass is 15.2. The molecule has 1 heterocycles. The van der Waals surface area contributed by atoms with Gasteiger partial charge in [0, 0.05) is 28.4 Å². The lowest BCUT2D eigenvalue weighted by molar-refractivity contribution is 0.388. The Balaban J connectivity index is 1.08. The average Bonchev–Trinajstić information content (AvgIpc) is 3.11. The van der Waals surface area contributed by atoms with Gasteiger partial charge in [0.1, 0.15) is 0 Å². The Labute approximate surface area is 282 Å². The number of rotatable bonds is 6. The lowest BCUT2D eigenvalue weighted by Gasteiger charge is -2.33. The van der Waals surface area contributed by atoms with Crippen LogP contribution < -0.4 is 10.2 Å². The van der Waals surface area contributed by atoms with Crippen LogP contribution in [0, 0.1) is 0 Å². The lowest BCUT2D eigenvalue weighted by atomic mass is 9.86. The number of benzene rings is 7. The van der Waals surface area contributed by atoms with E-state index in [1.54, 1.807) is 0 Å². The Bertz CT molecular complexity index is 2370. The Morgan fingerprint density at radius 1 is 0.625 bits per heavy atom. The van der Waals surface area contributed by atoms with E-state index >= 15 is 0 Å². The van der Waals surface area contributed by atoms with Crippen molar-refractivity contribution < 1.29 is 0 Å². The highest BCUT2D eigenvalue weighted by molar-refractivity contribution is 6.04. The molecule has 2 atom stereocenters. The molecule has 1 saturated heterocycles. The minimum absolute atomic E-state index is 0.438. The molecule has 1 fully saturated rings. The van der Waals surface area contributed by atoms with Gasteiger partial charge in [-0.05, 0) is 105 Å². The first kappa shape index (κ1) is 28.8. The Hall–Kier alpha value is -5.44. The van der Waals surface area contributed by atoms with Crippen LogP contribution in [-0.2, 0) is 0 Å². The van der Waals surface area contributed by atoms with Gasteiger partial charge in [0.15, 0.2) is 0 Å². The fourth-order valence-electron chi connectivity index (χ4n) is 7.78. The summed E-state index contributed by atoms with van der Waals surface area (Å²) in [5.74, 6) is 0.502. The second kappa shape index (κ2) is 12.0. The fourth-order valence-corrected chi connectivity index (χ4v) is 7.78. The summed E-state index contributed by atoms with van der Waals surface area (Å²) in [6.45, 7) is 3.43. The molecule has 0 aromatic heterocycles. The zero-order chi connectivity index (χ0) is 32.0. The van der Waals surface area contributed by atoms with Gasteiger partial charge in [-0.15, -0.1) is 0 Å². The van der Waals surface area contributed by atoms with E-state index < -0.39 is 0 Å². The maximum absolute atomic E-state index is 3.65. The quantitative estimate of drug-likeness (QED) is 0.147. The first-order valence-corrected chi connectivity index (χ1v) is 17.3. The predicted octanol–water partition coefficient (Wildman–Crippen LogP) is 12.0. The summed E-state index contributed by atoms with van der Waals surface area (Å²) in [6, 6.07) is 51.8. The van der Waals surface area contributed by atoms with Crippen molar-refractivity contribution in [3.05, 3.63) is 173 Å². The van der Waals surface area contributed by atoms with Crippen LogP contribution in [0.4, 0.5) is 11.4 Å². The smallest absolute Gasteiger partial charge is 0.0540 e. The van der Waals surface area contributed by atoms with Crippen LogP contribution in [0.1, 0.15) is 59.5 Å². The van der Waals surface area contributed by atoms with Crippen LogP contribution in [0.25, 0.3) is 50.2 Å². The summed E-state index contributed by atoms with van der Waals surface area (Å²) < 4.78 is 0. The molecule has 2 unspecified atom stereocenters. The van der Waals surface area contributed by atoms with E-state index in [9.17, 15) is 0 Å². The first-order valence-electron chi connectivity index (χ1n) is 17.3. The van der Waals surface area contributed by atoms with Crippen molar-refractivity contribution in [3.63, 3.8) is 0 Å². The van der Waals surface area contributed by atoms with Crippen molar-refractivity contribution in [2.75, 3.05) is 11.4 Å². The molecule has 1 N–H and O–H groups in total. The fraction of sp³-hybridized carbons (Fsp3) is 0.130. The van der Waals surface area contributed by atoms with E-state index in [-0.39, 0.29) is 0 Å². The minimum atomic E-state index is 0.438. The first-order chi connectivity index (χ1) is 23.7. The number of nitrogens with zero attached hydrogens (tertiary/aromatic N) is 1. The summed E-state index contributed by atoms with van der Waals surface area (Å²) in [7, 11) is 0. The van der Waals surface area contributed by atoms with Crippen LogP contribution in [0.2, 0.25) is 0 Å². The molecular weight excluding hydrogens is 581 g/mol. The summed E-state index contributed by atoms with van der Waals surface area (Å²) in [6.07, 6.45) is 9.13. The third-order valence-electron chi connectivity index (χ3n) is 10.4. The molecule has 0 saturated carbocycles. The molecule has 7 aromatic rings. The number of fused-ring (bicyclic) bond motifs is 4. The van der Waals surface area contributed by atoms with Crippen molar-refractivity contribution in [2.24, 2.45) is 0 Å². The third-order valence-corrected chi connectivity index (χ3v) is 10.4. The van der Waals surface area contributed by atoms with E-state index in [1.807, 2.05) is 0 Å². The second-order valence-electron chi connectivity index (χ2n) is 13.4. The molecule has 2 nitrogen and oxygen atoms in total. The van der Waals surface area contributed by atoms with Gasteiger partial charge >= 0.3 is 0 Å². The van der Waals surface area contributed by atoms with Gasteiger partial charge in [0.25, 0.3) is 0 Å². The van der Waals surface area contributed by atoms with Gasteiger partial charge in [0.2, 0.25) is 0 Å². The number of hydrogen-bond donors (Lipinski definition) is 1. The topological polar surface area (TPSA) is 15.3 Å². The van der Waals surface area contributed by atoms with Gasteiger partial charge < -0.3 is 10.2 Å². The summed E-state index contributed by atoms with van der Waals surface area (Å²) in [5.41, 5.74) is 10.2. The Morgan fingerprint density at radius 2 is 1.31 bits per heavy atom. The molecule has 9 rings (SSSR count). The van der Waals surface area contributed by atoms with Crippen molar-refractivity contribution in [1.29, 1.82) is 0 Å². The summed E-state index contributed by atoms with van der Waals surface area (Å²) in [4.78, 5) is 2.46. The molecule has 0 amide bonds. The third kappa shape index (κ3) is 5.01. The molecule has 7 aromatic carbocycles. The van der Waals surface area contributed by atoms with Gasteiger partial charge in [-0.3, -0.25) is 0 Å². The van der Waals surface area contributed by atoms with Gasteiger partial charge in [0.05, 0.1) is 5.69 Å². The second-order valence-corrected chi connectivity index (χ2v) is 13.4. The number of hydrogen-bond acceptors (Lipinski definition) is 2. The van der Waals surface area contributed by atoms with E-state index in [4.69, 9.17) is 0 Å². The van der Waals surface area contributed by atoms with E-state index in [0.29, 0.717) is 12.0 Å². The van der Waals surface area contributed by atoms with E-state index in [1.165, 1.54) is 77.9 Å². The zero-order valence-corrected chi connectivity index (χ0v) is 27.2. The molecular formula is C46H38N2. The molecule has 1 aliphatic carbocycles. The summed E-state index contributed by atoms with van der Waals surface area (Å²) in [5, 5.41) is 11.5. The summed E-state index contributed by atoms with van der Waals surface area (Å²) >= 11 is 0. The van der Waals surface area contributed by atoms with Crippen LogP contribution in [-0.4, -0.2) is 6.54 Å². The molecule has 1 aliphatic heterocycles. The predicted molar refractivity (Wildman–Crippen MR) is 206 cm³/mol. The normalized spacial score (nSPS) is 17.4. The Kier molecular flexibility index (Phi) is 7.17. The molecule has 2 heteroatoms. The van der Waals surface area contributed by atoms with E-state index in [2.05, 4.69) is 175 Å². The van der Waals surface area contributed by atoms with E-state index in [0.717, 1.165) is 18.7 Å². The lowest BCUT2D eigenvalue weighted by Crippen LogP contribution is -2.35. The Morgan fingerprint density at radius 3 is 2.15 bits per heavy atom. The molecule has 0 radical (unpaired) electrons. The average molecular weight is 619 g/mol. The number of nitrogens with one attached hydrogen (secondary N) is 1. The van der Waals surface area contributed by atoms with Crippen molar-refractivity contribution in [3.8, 4) is 0 Å². The maximum atomic E-state index is 3.65. The highest BCUT2D eigenvalue weighted by Crippen LogP contribution is 2.44. The molecule has 48 heavy (non-hydrogen) atoms. The minimum Gasteiger partial charge on any atom is -0.310 e. The van der Waals surface area contributed by atoms with Gasteiger partial charge in [-0.2, -0.15) is 0 Å². The zero-order valence-electron chi connectivity index (χ0n) is 27.2. The standard InChI is InChI=1S/C46H38N2/c1-31-17-26-45(42-15-7-6-12-38(31)42)48(44-16-8-11-34-9-2-4-13-39(34)44)37-23-20-32(21-24-37)18-19-33-22-25-41-36(29-33)30-35-10-3-5-14-40(35)46(41)43-27-28-47-43/h2-16,18-26,29-31,43,47H,17,27-28H2,1H3. The van der Waals surface area contributed by atoms with Gasteiger partial charge in [-0.1, -0.05) is 134 Å². The molecule has 232 valence electrons. The van der Waals surface area contributed by atoms with Gasteiger partial charge in [-0.25, -0.2) is 0 Å². The van der Waals surface area contributed by atoms with Crippen molar-refractivity contribution in [2.45, 2.75) is 31.7 Å². The monoisotopic (exact) mass is 618 g/mol.